The maximum absolute atomic E-state index is 14.4. The highest BCUT2D eigenvalue weighted by Gasteiger charge is 2.53. The highest BCUT2D eigenvalue weighted by molar-refractivity contribution is 5.73. The first-order chi connectivity index (χ1) is 25.1. The molecule has 17 atom stereocenters. The molecule has 314 valence electrons. The van der Waals surface area contributed by atoms with Crippen LogP contribution in [0.2, 0.25) is 0 Å². The second-order valence-electron chi connectivity index (χ2n) is 17.1. The number of cyclic esters (lactones) is 1. The van der Waals surface area contributed by atoms with E-state index in [1.54, 1.807) is 35.2 Å². The van der Waals surface area contributed by atoms with E-state index in [4.69, 9.17) is 37.9 Å². The fourth-order valence-electron chi connectivity index (χ4n) is 9.47. The maximum Gasteiger partial charge on any atom is 0.311 e. The summed E-state index contributed by atoms with van der Waals surface area (Å²) < 4.78 is 51.0. The van der Waals surface area contributed by atoms with E-state index in [2.05, 4.69) is 6.92 Å². The molecule has 13 heteroatoms. The first-order valence-corrected chi connectivity index (χ1v) is 19.8. The number of aldehydes is 1. The smallest absolute Gasteiger partial charge is 0.311 e. The molecule has 0 spiro atoms. The number of nitrogens with zero attached hydrogens (tertiary/aromatic N) is 1. The zero-order valence-electron chi connectivity index (χ0n) is 35.7. The monoisotopic (exact) mass is 772 g/mol. The van der Waals surface area contributed by atoms with E-state index < -0.39 is 83.6 Å². The topological polar surface area (TPSA) is 152 Å². The van der Waals surface area contributed by atoms with Crippen LogP contribution in [0.1, 0.15) is 101 Å². The predicted octanol–water partition coefficient (Wildman–Crippen LogP) is 4.68. The molecule has 0 amide bonds. The second-order valence-corrected chi connectivity index (χ2v) is 17.1. The summed E-state index contributed by atoms with van der Waals surface area (Å²) >= 11 is 0. The van der Waals surface area contributed by atoms with Crippen molar-refractivity contribution in [3.63, 3.8) is 0 Å². The number of methoxy groups -OCH3 is 3. The van der Waals surface area contributed by atoms with Gasteiger partial charge in [0.25, 0.3) is 0 Å². The Morgan fingerprint density at radius 1 is 0.963 bits per heavy atom. The van der Waals surface area contributed by atoms with Crippen LogP contribution in [0, 0.1) is 23.7 Å². The van der Waals surface area contributed by atoms with E-state index in [9.17, 15) is 19.8 Å². The van der Waals surface area contributed by atoms with Crippen LogP contribution in [0.5, 0.6) is 0 Å². The van der Waals surface area contributed by atoms with Crippen LogP contribution in [0.25, 0.3) is 0 Å². The highest BCUT2D eigenvalue weighted by Crippen LogP contribution is 2.42. The molecule has 0 bridgehead atoms. The number of hydrogen-bond acceptors (Lipinski definition) is 13. The van der Waals surface area contributed by atoms with Gasteiger partial charge in [-0.3, -0.25) is 4.79 Å². The van der Waals surface area contributed by atoms with Gasteiger partial charge in [-0.2, -0.15) is 0 Å². The molecule has 3 aliphatic rings. The third-order valence-corrected chi connectivity index (χ3v) is 12.6. The zero-order valence-corrected chi connectivity index (χ0v) is 35.7. The Bertz CT molecular complexity index is 1250. The molecule has 0 aliphatic carbocycles. The molecule has 0 radical (unpaired) electrons. The Labute approximate surface area is 324 Å². The molecule has 2 fully saturated rings. The third-order valence-electron chi connectivity index (χ3n) is 12.6. The van der Waals surface area contributed by atoms with Crippen molar-refractivity contribution in [3.8, 4) is 0 Å². The molecule has 0 aromatic heterocycles. The average molecular weight is 772 g/mol. The second kappa shape index (κ2) is 19.3. The van der Waals surface area contributed by atoms with Gasteiger partial charge in [0.05, 0.1) is 41.5 Å². The number of rotatable bonds is 11. The highest BCUT2D eigenvalue weighted by atomic mass is 16.7. The summed E-state index contributed by atoms with van der Waals surface area (Å²) in [6.07, 6.45) is -1.85. The van der Waals surface area contributed by atoms with Crippen LogP contribution >= 0.6 is 0 Å². The van der Waals surface area contributed by atoms with Gasteiger partial charge in [0.1, 0.15) is 30.2 Å². The van der Waals surface area contributed by atoms with Crippen LogP contribution in [0.15, 0.2) is 11.6 Å². The molecule has 0 aromatic rings. The third kappa shape index (κ3) is 10.3. The quantitative estimate of drug-likeness (QED) is 0.170. The number of carbonyl (C=O) groups is 2. The van der Waals surface area contributed by atoms with Crippen molar-refractivity contribution in [1.82, 2.24) is 4.90 Å². The lowest BCUT2D eigenvalue weighted by molar-refractivity contribution is -0.320. The Morgan fingerprint density at radius 3 is 2.11 bits per heavy atom. The standard InChI is InChI=1S/C41H73NO12/c1-16-31-41(10,46)29(17-18-43)24(3)19-23(2)21-39(8,48-14)35(54-38-33(44)30(42(11)12)20-25(4)50-38)26(5)34(27(6)37(45)52-31)53-32-22-40(9,49-15)36(47-13)28(7)51-32/h18-19,23,25-36,38,44,46H,16-17,20-22H2,1-15H3/b24-19-/t23-,25+,26-,27+,28-,29+,30-,31+,32-,33+,34-,35+,36-,38-,39+,40+,41-/m0/s1. The van der Waals surface area contributed by atoms with Crippen molar-refractivity contribution in [1.29, 1.82) is 0 Å². The van der Waals surface area contributed by atoms with Gasteiger partial charge < -0.3 is 57.8 Å². The minimum atomic E-state index is -1.56. The van der Waals surface area contributed by atoms with Gasteiger partial charge in [-0.25, -0.2) is 0 Å². The van der Waals surface area contributed by atoms with Crippen LogP contribution in [0.4, 0.5) is 0 Å². The lowest BCUT2D eigenvalue weighted by Crippen LogP contribution is -2.61. The van der Waals surface area contributed by atoms with Crippen LogP contribution in [0.3, 0.4) is 0 Å². The molecular weight excluding hydrogens is 698 g/mol. The van der Waals surface area contributed by atoms with Gasteiger partial charge >= 0.3 is 5.97 Å². The molecule has 3 aliphatic heterocycles. The molecule has 0 unspecified atom stereocenters. The molecule has 13 nitrogen and oxygen atoms in total. The number of likely N-dealkylation sites (N-methyl/N-ethyl adjacent to an activating group) is 1. The normalized spacial score (nSPS) is 47.0. The molecule has 0 saturated carbocycles. The maximum atomic E-state index is 14.4. The van der Waals surface area contributed by atoms with Crippen molar-refractivity contribution in [3.05, 3.63) is 11.6 Å². The number of esters is 1. The van der Waals surface area contributed by atoms with E-state index in [0.29, 0.717) is 25.7 Å². The first-order valence-electron chi connectivity index (χ1n) is 19.8. The van der Waals surface area contributed by atoms with Crippen LogP contribution < -0.4 is 0 Å². The number of hydrogen-bond donors (Lipinski definition) is 2. The van der Waals surface area contributed by atoms with E-state index in [1.165, 1.54) is 0 Å². The summed E-state index contributed by atoms with van der Waals surface area (Å²) in [7, 11) is 8.72. The average Bonchev–Trinajstić information content (AvgIpc) is 3.10. The van der Waals surface area contributed by atoms with Gasteiger partial charge in [-0.1, -0.05) is 32.4 Å². The van der Waals surface area contributed by atoms with Crippen molar-refractivity contribution >= 4 is 12.3 Å². The zero-order chi connectivity index (χ0) is 40.9. The number of ether oxygens (including phenoxy) is 8. The molecule has 3 rings (SSSR count). The Balaban J connectivity index is 2.25. The van der Waals surface area contributed by atoms with Gasteiger partial charge in [0.2, 0.25) is 0 Å². The van der Waals surface area contributed by atoms with Crippen LogP contribution in [-0.2, 0) is 47.5 Å². The number of aliphatic hydroxyl groups is 2. The predicted molar refractivity (Wildman–Crippen MR) is 204 cm³/mol. The number of allylic oxidation sites excluding steroid dienone is 1. The van der Waals surface area contributed by atoms with E-state index in [1.807, 2.05) is 73.5 Å². The number of carbonyl (C=O) groups excluding carboxylic acids is 2. The largest absolute Gasteiger partial charge is 0.459 e. The molecule has 54 heavy (non-hydrogen) atoms. The molecule has 0 aromatic carbocycles. The lowest BCUT2D eigenvalue weighted by Gasteiger charge is -2.50. The van der Waals surface area contributed by atoms with Gasteiger partial charge in [-0.15, -0.1) is 0 Å². The minimum Gasteiger partial charge on any atom is -0.459 e. The summed E-state index contributed by atoms with van der Waals surface area (Å²) in [5.74, 6) is -2.82. The van der Waals surface area contributed by atoms with Crippen molar-refractivity contribution < 1.29 is 57.7 Å². The molecular formula is C41H73NO12. The Morgan fingerprint density at radius 2 is 1.57 bits per heavy atom. The van der Waals surface area contributed by atoms with E-state index in [-0.39, 0.29) is 30.6 Å². The fraction of sp³-hybridized carbons (Fsp3) is 0.902. The summed E-state index contributed by atoms with van der Waals surface area (Å²) in [4.78, 5) is 28.4. The fourth-order valence-corrected chi connectivity index (χ4v) is 9.47. The van der Waals surface area contributed by atoms with E-state index >= 15 is 0 Å². The molecule has 2 saturated heterocycles. The summed E-state index contributed by atoms with van der Waals surface area (Å²) in [6, 6.07) is -0.224. The molecule has 2 N–H and O–H groups in total. The minimum absolute atomic E-state index is 0.0434. The Hall–Kier alpha value is -1.52. The SMILES string of the molecule is CC[C@H]1OC(=O)[C@H](C)[C@@H](O[C@H]2C[C@@](C)(OC)[C@@H](OC)[C@H](C)O2)[C@H](C)[C@@H](O[C@@H]2O[C@H](C)C[C@H](N(C)C)[C@H]2O)[C@](C)(OC)C[C@@H](C)/C=C(/C)[C@@H](CC=O)[C@]1(C)O. The molecule has 3 heterocycles. The summed E-state index contributed by atoms with van der Waals surface area (Å²) in [5, 5.41) is 23.7. The van der Waals surface area contributed by atoms with E-state index in [0.717, 1.165) is 11.9 Å². The lowest BCUT2D eigenvalue weighted by atomic mass is 9.74. The first kappa shape index (κ1) is 46.9. The van der Waals surface area contributed by atoms with Crippen molar-refractivity contribution in [2.75, 3.05) is 35.4 Å². The van der Waals surface area contributed by atoms with Crippen molar-refractivity contribution in [2.45, 2.75) is 179 Å². The summed E-state index contributed by atoms with van der Waals surface area (Å²) in [6.45, 7) is 18.9. The van der Waals surface area contributed by atoms with Gasteiger partial charge in [0, 0.05) is 52.0 Å². The van der Waals surface area contributed by atoms with Crippen LogP contribution in [-0.4, -0.2) is 141 Å². The van der Waals surface area contributed by atoms with Crippen molar-refractivity contribution in [2.24, 2.45) is 23.7 Å². The van der Waals surface area contributed by atoms with Gasteiger partial charge in [-0.05, 0) is 87.7 Å². The Kier molecular flexibility index (Phi) is 16.7. The van der Waals surface area contributed by atoms with Gasteiger partial charge in [0.15, 0.2) is 12.6 Å². The number of aliphatic hydroxyl groups excluding tert-OH is 1. The summed E-state index contributed by atoms with van der Waals surface area (Å²) in [5.41, 5.74) is -2.55.